The summed E-state index contributed by atoms with van der Waals surface area (Å²) in [5, 5.41) is 2.89. The summed E-state index contributed by atoms with van der Waals surface area (Å²) in [7, 11) is 0. The van der Waals surface area contributed by atoms with Crippen molar-refractivity contribution in [2.45, 2.75) is 17.4 Å². The summed E-state index contributed by atoms with van der Waals surface area (Å²) >= 11 is 1.68. The van der Waals surface area contributed by atoms with Crippen LogP contribution in [0.5, 0.6) is 0 Å². The molecule has 0 saturated heterocycles. The lowest BCUT2D eigenvalue weighted by Crippen LogP contribution is -2.30. The van der Waals surface area contributed by atoms with Crippen LogP contribution in [0.2, 0.25) is 0 Å². The summed E-state index contributed by atoms with van der Waals surface area (Å²) in [5.74, 6) is 0.633. The molecule has 0 radical (unpaired) electrons. The quantitative estimate of drug-likeness (QED) is 0.915. The van der Waals surface area contributed by atoms with Gasteiger partial charge in [-0.05, 0) is 42.3 Å². The Morgan fingerprint density at radius 1 is 1.42 bits per heavy atom. The van der Waals surface area contributed by atoms with Gasteiger partial charge in [0, 0.05) is 10.6 Å². The molecule has 0 fully saturated rings. The van der Waals surface area contributed by atoms with Crippen molar-refractivity contribution in [2.75, 3.05) is 5.75 Å². The van der Waals surface area contributed by atoms with E-state index in [0.29, 0.717) is 0 Å². The van der Waals surface area contributed by atoms with Crippen molar-refractivity contribution in [2.24, 2.45) is 0 Å². The van der Waals surface area contributed by atoms with E-state index in [1.807, 2.05) is 0 Å². The molecular formula is C14H12FNO2S. The molecule has 98 valence electrons. The predicted molar refractivity (Wildman–Crippen MR) is 70.7 cm³/mol. The van der Waals surface area contributed by atoms with Crippen molar-refractivity contribution >= 4 is 17.7 Å². The van der Waals surface area contributed by atoms with E-state index < -0.39 is 0 Å². The Labute approximate surface area is 114 Å². The van der Waals surface area contributed by atoms with Gasteiger partial charge in [-0.3, -0.25) is 4.79 Å². The van der Waals surface area contributed by atoms with E-state index in [0.717, 1.165) is 22.6 Å². The van der Waals surface area contributed by atoms with E-state index in [1.165, 1.54) is 18.4 Å². The largest absolute Gasteiger partial charge is 0.459 e. The van der Waals surface area contributed by atoms with Crippen LogP contribution in [0.15, 0.2) is 45.9 Å². The fourth-order valence-corrected chi connectivity index (χ4v) is 3.26. The van der Waals surface area contributed by atoms with Gasteiger partial charge >= 0.3 is 0 Å². The maximum Gasteiger partial charge on any atom is 0.287 e. The Kier molecular flexibility index (Phi) is 3.29. The van der Waals surface area contributed by atoms with Crippen molar-refractivity contribution in [3.8, 4) is 0 Å². The average molecular weight is 277 g/mol. The number of hydrogen-bond donors (Lipinski definition) is 1. The molecule has 1 N–H and O–H groups in total. The molecule has 0 bridgehead atoms. The van der Waals surface area contributed by atoms with Crippen molar-refractivity contribution in [3.63, 3.8) is 0 Å². The summed E-state index contributed by atoms with van der Waals surface area (Å²) in [6.45, 7) is 0. The normalized spacial score (nSPS) is 17.8. The summed E-state index contributed by atoms with van der Waals surface area (Å²) in [4.78, 5) is 13.0. The van der Waals surface area contributed by atoms with Crippen molar-refractivity contribution in [1.82, 2.24) is 5.32 Å². The molecular weight excluding hydrogens is 265 g/mol. The Morgan fingerprint density at radius 3 is 3.11 bits per heavy atom. The molecule has 0 spiro atoms. The highest BCUT2D eigenvalue weighted by Gasteiger charge is 2.24. The second-order valence-corrected chi connectivity index (χ2v) is 5.46. The third kappa shape index (κ3) is 2.51. The number of nitrogens with one attached hydrogen (secondary N) is 1. The Morgan fingerprint density at radius 2 is 2.32 bits per heavy atom. The van der Waals surface area contributed by atoms with Gasteiger partial charge < -0.3 is 9.73 Å². The van der Waals surface area contributed by atoms with Gasteiger partial charge in [-0.15, -0.1) is 11.8 Å². The fraction of sp³-hybridized carbons (Fsp3) is 0.214. The number of amides is 1. The molecule has 3 nitrogen and oxygen atoms in total. The number of carbonyl (C=O) groups is 1. The smallest absolute Gasteiger partial charge is 0.287 e. The highest BCUT2D eigenvalue weighted by atomic mass is 32.2. The maximum atomic E-state index is 13.3. The molecule has 1 aliphatic heterocycles. The molecule has 0 aliphatic carbocycles. The lowest BCUT2D eigenvalue weighted by Gasteiger charge is -2.25. The predicted octanol–water partition coefficient (Wildman–Crippen LogP) is 3.39. The summed E-state index contributed by atoms with van der Waals surface area (Å²) in [6, 6.07) is 7.82. The fourth-order valence-electron chi connectivity index (χ4n) is 2.15. The number of halogens is 1. The SMILES string of the molecule is O=C(N[C@@H]1CCSc2ccc(F)cc21)c1ccco1. The molecule has 0 unspecified atom stereocenters. The monoisotopic (exact) mass is 277 g/mol. The molecule has 19 heavy (non-hydrogen) atoms. The van der Waals surface area contributed by atoms with Gasteiger partial charge in [0.15, 0.2) is 5.76 Å². The molecule has 1 aromatic heterocycles. The lowest BCUT2D eigenvalue weighted by molar-refractivity contribution is 0.0907. The highest BCUT2D eigenvalue weighted by Crippen LogP contribution is 2.36. The number of rotatable bonds is 2. The number of hydrogen-bond acceptors (Lipinski definition) is 3. The van der Waals surface area contributed by atoms with Crippen LogP contribution in [-0.2, 0) is 0 Å². The highest BCUT2D eigenvalue weighted by molar-refractivity contribution is 7.99. The van der Waals surface area contributed by atoms with Crippen LogP contribution in [0, 0.1) is 5.82 Å². The number of furan rings is 1. The standard InChI is InChI=1S/C14H12FNO2S/c15-9-3-4-13-10(8-9)11(5-7-19-13)16-14(17)12-2-1-6-18-12/h1-4,6,8,11H,5,7H2,(H,16,17)/t11-/m1/s1. The minimum atomic E-state index is -0.279. The van der Waals surface area contributed by atoms with Crippen LogP contribution >= 0.6 is 11.8 Å². The number of carbonyl (C=O) groups excluding carboxylic acids is 1. The molecule has 0 saturated carbocycles. The van der Waals surface area contributed by atoms with Crippen LogP contribution in [0.4, 0.5) is 4.39 Å². The molecule has 2 aromatic rings. The van der Waals surface area contributed by atoms with Crippen molar-refractivity contribution < 1.29 is 13.6 Å². The van der Waals surface area contributed by atoms with E-state index in [9.17, 15) is 9.18 Å². The van der Waals surface area contributed by atoms with Crippen LogP contribution in [0.1, 0.15) is 28.6 Å². The zero-order valence-corrected chi connectivity index (χ0v) is 10.9. The zero-order chi connectivity index (χ0) is 13.2. The van der Waals surface area contributed by atoms with E-state index in [4.69, 9.17) is 4.42 Å². The van der Waals surface area contributed by atoms with Crippen molar-refractivity contribution in [3.05, 3.63) is 53.7 Å². The molecule has 1 amide bonds. The lowest BCUT2D eigenvalue weighted by atomic mass is 10.0. The van der Waals surface area contributed by atoms with Gasteiger partial charge in [0.1, 0.15) is 5.82 Å². The van der Waals surface area contributed by atoms with E-state index in [1.54, 1.807) is 30.0 Å². The Hall–Kier alpha value is -1.75. The van der Waals surface area contributed by atoms with Gasteiger partial charge in [-0.2, -0.15) is 0 Å². The topological polar surface area (TPSA) is 42.2 Å². The van der Waals surface area contributed by atoms with E-state index in [-0.39, 0.29) is 23.5 Å². The van der Waals surface area contributed by atoms with Gasteiger partial charge in [-0.25, -0.2) is 4.39 Å². The summed E-state index contributed by atoms with van der Waals surface area (Å²) < 4.78 is 18.4. The molecule has 5 heteroatoms. The first-order chi connectivity index (χ1) is 9.24. The van der Waals surface area contributed by atoms with E-state index >= 15 is 0 Å². The molecule has 3 rings (SSSR count). The van der Waals surface area contributed by atoms with Crippen LogP contribution in [0.3, 0.4) is 0 Å². The minimum absolute atomic E-state index is 0.162. The maximum absolute atomic E-state index is 13.3. The third-order valence-corrected chi connectivity index (χ3v) is 4.18. The average Bonchev–Trinajstić information content (AvgIpc) is 2.93. The summed E-state index contributed by atoms with van der Waals surface area (Å²) in [5.41, 5.74) is 0.844. The first-order valence-electron chi connectivity index (χ1n) is 6.00. The number of fused-ring (bicyclic) bond motifs is 1. The third-order valence-electron chi connectivity index (χ3n) is 3.06. The van der Waals surface area contributed by atoms with Gasteiger partial charge in [-0.1, -0.05) is 0 Å². The van der Waals surface area contributed by atoms with Gasteiger partial charge in [0.05, 0.1) is 12.3 Å². The van der Waals surface area contributed by atoms with Crippen LogP contribution in [-0.4, -0.2) is 11.7 Å². The first-order valence-corrected chi connectivity index (χ1v) is 6.99. The first kappa shape index (κ1) is 12.3. The van der Waals surface area contributed by atoms with Crippen LogP contribution in [0.25, 0.3) is 0 Å². The second-order valence-electron chi connectivity index (χ2n) is 4.32. The Bertz CT molecular complexity index is 597. The number of thioether (sulfide) groups is 1. The zero-order valence-electron chi connectivity index (χ0n) is 10.1. The molecule has 1 aromatic carbocycles. The van der Waals surface area contributed by atoms with Crippen molar-refractivity contribution in [1.29, 1.82) is 0 Å². The molecule has 1 aliphatic rings. The Balaban J connectivity index is 1.84. The van der Waals surface area contributed by atoms with Crippen LogP contribution < -0.4 is 5.32 Å². The van der Waals surface area contributed by atoms with Gasteiger partial charge in [0.25, 0.3) is 5.91 Å². The second kappa shape index (κ2) is 5.09. The molecule has 1 atom stereocenters. The van der Waals surface area contributed by atoms with Gasteiger partial charge in [0.2, 0.25) is 0 Å². The number of benzene rings is 1. The minimum Gasteiger partial charge on any atom is -0.459 e. The summed E-state index contributed by atoms with van der Waals surface area (Å²) in [6.07, 6.45) is 2.24. The van der Waals surface area contributed by atoms with E-state index in [2.05, 4.69) is 5.32 Å². The molecule has 2 heterocycles.